The zero-order chi connectivity index (χ0) is 9.80. The van der Waals surface area contributed by atoms with Crippen molar-refractivity contribution in [3.05, 3.63) is 29.8 Å². The van der Waals surface area contributed by atoms with Gasteiger partial charge in [-0.05, 0) is 36.5 Å². The van der Waals surface area contributed by atoms with Crippen LogP contribution in [0.3, 0.4) is 0 Å². The second-order valence-electron chi connectivity index (χ2n) is 3.91. The average molecular weight is 208 g/mol. The molecular formula is C12H16OS. The summed E-state index contributed by atoms with van der Waals surface area (Å²) < 4.78 is 0. The first-order chi connectivity index (χ1) is 6.88. The van der Waals surface area contributed by atoms with Crippen molar-refractivity contribution in [3.63, 3.8) is 0 Å². The molecule has 0 radical (unpaired) electrons. The van der Waals surface area contributed by atoms with Crippen molar-refractivity contribution in [2.24, 2.45) is 5.92 Å². The first kappa shape index (κ1) is 10.1. The lowest BCUT2D eigenvalue weighted by Gasteiger charge is -2.24. The molecule has 1 aliphatic carbocycles. The van der Waals surface area contributed by atoms with Crippen molar-refractivity contribution >= 4 is 11.8 Å². The smallest absolute Gasteiger partial charge is 0.0682 e. The molecule has 0 heterocycles. The molecule has 0 amide bonds. The van der Waals surface area contributed by atoms with E-state index in [1.54, 1.807) is 0 Å². The normalized spacial score (nSPS) is 16.6. The fourth-order valence-corrected chi connectivity index (χ4v) is 2.78. The topological polar surface area (TPSA) is 20.2 Å². The van der Waals surface area contributed by atoms with E-state index < -0.39 is 0 Å². The van der Waals surface area contributed by atoms with Crippen molar-refractivity contribution < 1.29 is 5.11 Å². The Morgan fingerprint density at radius 1 is 1.36 bits per heavy atom. The molecule has 0 atom stereocenters. The fraction of sp³-hybridized carbons (Fsp3) is 0.500. The predicted octanol–water partition coefficient (Wildman–Crippen LogP) is 3.07. The Morgan fingerprint density at radius 3 is 2.86 bits per heavy atom. The number of benzene rings is 1. The summed E-state index contributed by atoms with van der Waals surface area (Å²) in [5.74, 6) is 2.19. The number of aliphatic hydroxyl groups is 1. The van der Waals surface area contributed by atoms with Crippen molar-refractivity contribution in [1.29, 1.82) is 0 Å². The van der Waals surface area contributed by atoms with Crippen LogP contribution < -0.4 is 0 Å². The van der Waals surface area contributed by atoms with Crippen LogP contribution in [0.15, 0.2) is 29.2 Å². The van der Waals surface area contributed by atoms with Crippen LogP contribution in [-0.2, 0) is 6.61 Å². The maximum atomic E-state index is 8.99. The Hall–Kier alpha value is -0.470. The van der Waals surface area contributed by atoms with E-state index >= 15 is 0 Å². The van der Waals surface area contributed by atoms with Gasteiger partial charge in [-0.15, -0.1) is 11.8 Å². The molecule has 2 rings (SSSR count). The van der Waals surface area contributed by atoms with Gasteiger partial charge in [0.1, 0.15) is 0 Å². The summed E-state index contributed by atoms with van der Waals surface area (Å²) in [6, 6.07) is 8.20. The Balaban J connectivity index is 1.87. The van der Waals surface area contributed by atoms with Crippen molar-refractivity contribution in [1.82, 2.24) is 0 Å². The number of hydrogen-bond acceptors (Lipinski definition) is 2. The summed E-state index contributed by atoms with van der Waals surface area (Å²) in [5.41, 5.74) is 1.02. The van der Waals surface area contributed by atoms with E-state index in [-0.39, 0.29) is 6.61 Å². The maximum absolute atomic E-state index is 8.99. The van der Waals surface area contributed by atoms with Crippen LogP contribution in [0, 0.1) is 5.92 Å². The molecule has 0 unspecified atom stereocenters. The van der Waals surface area contributed by atoms with Crippen LogP contribution in [0.4, 0.5) is 0 Å². The molecule has 2 heteroatoms. The fourth-order valence-electron chi connectivity index (χ4n) is 1.61. The van der Waals surface area contributed by atoms with Gasteiger partial charge in [-0.3, -0.25) is 0 Å². The summed E-state index contributed by atoms with van der Waals surface area (Å²) in [6.45, 7) is 0.151. The van der Waals surface area contributed by atoms with Crippen LogP contribution in [0.5, 0.6) is 0 Å². The number of hydrogen-bond donors (Lipinski definition) is 1. The lowest BCUT2D eigenvalue weighted by molar-refractivity contribution is 0.281. The van der Waals surface area contributed by atoms with Gasteiger partial charge in [-0.1, -0.05) is 18.6 Å². The molecule has 1 saturated carbocycles. The standard InChI is InChI=1S/C12H16OS/c13-8-11-5-2-6-12(7-11)14-9-10-3-1-4-10/h2,5-7,10,13H,1,3-4,8-9H2. The van der Waals surface area contributed by atoms with E-state index in [4.69, 9.17) is 5.11 Å². The molecule has 1 fully saturated rings. The zero-order valence-electron chi connectivity index (χ0n) is 8.28. The molecule has 76 valence electrons. The van der Waals surface area contributed by atoms with Gasteiger partial charge < -0.3 is 5.11 Å². The monoisotopic (exact) mass is 208 g/mol. The second-order valence-corrected chi connectivity index (χ2v) is 5.01. The molecule has 1 aromatic rings. The number of aliphatic hydroxyl groups excluding tert-OH is 1. The Bertz CT molecular complexity index is 294. The summed E-state index contributed by atoms with van der Waals surface area (Å²) in [4.78, 5) is 1.29. The minimum absolute atomic E-state index is 0.151. The molecule has 1 N–H and O–H groups in total. The molecule has 14 heavy (non-hydrogen) atoms. The van der Waals surface area contributed by atoms with Crippen molar-refractivity contribution in [2.75, 3.05) is 5.75 Å². The molecule has 0 bridgehead atoms. The van der Waals surface area contributed by atoms with E-state index in [0.717, 1.165) is 11.5 Å². The molecule has 1 aliphatic rings. The number of rotatable bonds is 4. The quantitative estimate of drug-likeness (QED) is 0.767. The summed E-state index contributed by atoms with van der Waals surface area (Å²) in [7, 11) is 0. The van der Waals surface area contributed by atoms with Crippen molar-refractivity contribution in [3.8, 4) is 0 Å². The Kier molecular flexibility index (Phi) is 3.49. The lowest BCUT2D eigenvalue weighted by atomic mass is 9.87. The maximum Gasteiger partial charge on any atom is 0.0682 e. The molecule has 0 aromatic heterocycles. The highest BCUT2D eigenvalue weighted by molar-refractivity contribution is 7.99. The first-order valence-electron chi connectivity index (χ1n) is 5.21. The van der Waals surface area contributed by atoms with Crippen molar-refractivity contribution in [2.45, 2.75) is 30.8 Å². The third kappa shape index (κ3) is 2.52. The zero-order valence-corrected chi connectivity index (χ0v) is 9.09. The molecule has 1 nitrogen and oxygen atoms in total. The van der Waals surface area contributed by atoms with Crippen LogP contribution in [0.2, 0.25) is 0 Å². The molecule has 1 aromatic carbocycles. The highest BCUT2D eigenvalue weighted by Crippen LogP contribution is 2.32. The third-order valence-corrected chi connectivity index (χ3v) is 4.02. The van der Waals surface area contributed by atoms with Gasteiger partial charge in [0, 0.05) is 10.6 Å². The van der Waals surface area contributed by atoms with E-state index in [2.05, 4.69) is 12.1 Å². The van der Waals surface area contributed by atoms with Gasteiger partial charge in [0.25, 0.3) is 0 Å². The SMILES string of the molecule is OCc1cccc(SCC2CCC2)c1. The molecule has 0 aliphatic heterocycles. The molecule has 0 spiro atoms. The predicted molar refractivity (Wildman–Crippen MR) is 60.4 cm³/mol. The number of thioether (sulfide) groups is 1. The Labute approximate surface area is 89.5 Å². The molecule has 0 saturated heterocycles. The van der Waals surface area contributed by atoms with E-state index in [1.165, 1.54) is 29.9 Å². The van der Waals surface area contributed by atoms with Gasteiger partial charge in [0.15, 0.2) is 0 Å². The third-order valence-electron chi connectivity index (χ3n) is 2.79. The van der Waals surface area contributed by atoms with Crippen LogP contribution >= 0.6 is 11.8 Å². The molecular weight excluding hydrogens is 192 g/mol. The minimum Gasteiger partial charge on any atom is -0.392 e. The Morgan fingerprint density at radius 2 is 2.21 bits per heavy atom. The second kappa shape index (κ2) is 4.85. The van der Waals surface area contributed by atoms with Gasteiger partial charge in [0.2, 0.25) is 0 Å². The van der Waals surface area contributed by atoms with E-state index in [1.807, 2.05) is 23.9 Å². The lowest BCUT2D eigenvalue weighted by Crippen LogP contribution is -2.13. The van der Waals surface area contributed by atoms with E-state index in [9.17, 15) is 0 Å². The van der Waals surface area contributed by atoms with Crippen LogP contribution in [0.25, 0.3) is 0 Å². The van der Waals surface area contributed by atoms with Gasteiger partial charge in [-0.2, -0.15) is 0 Å². The largest absolute Gasteiger partial charge is 0.392 e. The summed E-state index contributed by atoms with van der Waals surface area (Å²) in [6.07, 6.45) is 4.24. The van der Waals surface area contributed by atoms with Crippen LogP contribution in [0.1, 0.15) is 24.8 Å². The minimum atomic E-state index is 0.151. The highest BCUT2D eigenvalue weighted by atomic mass is 32.2. The van der Waals surface area contributed by atoms with E-state index in [0.29, 0.717) is 0 Å². The summed E-state index contributed by atoms with van der Waals surface area (Å²) in [5, 5.41) is 8.99. The average Bonchev–Trinajstić information content (AvgIpc) is 2.16. The summed E-state index contributed by atoms with van der Waals surface area (Å²) >= 11 is 1.92. The van der Waals surface area contributed by atoms with Gasteiger partial charge in [0.05, 0.1) is 6.61 Å². The van der Waals surface area contributed by atoms with Gasteiger partial charge in [-0.25, -0.2) is 0 Å². The highest BCUT2D eigenvalue weighted by Gasteiger charge is 2.17. The van der Waals surface area contributed by atoms with Crippen LogP contribution in [-0.4, -0.2) is 10.9 Å². The van der Waals surface area contributed by atoms with Gasteiger partial charge >= 0.3 is 0 Å². The first-order valence-corrected chi connectivity index (χ1v) is 6.19.